The molecular formula is C16H32N2. The van der Waals surface area contributed by atoms with Gasteiger partial charge in [-0.2, -0.15) is 5.10 Å². The summed E-state index contributed by atoms with van der Waals surface area (Å²) >= 11 is 0. The standard InChI is InChI=1S/C16H32N2/c1-6-8-9-10-11-12-13-14-16(3,7-2)15-17-18(4)5/h7,15H,2,6,8-14H2,1,3-5H3/b17-15+. The van der Waals surface area contributed by atoms with Gasteiger partial charge in [-0.15, -0.1) is 6.58 Å². The third kappa shape index (κ3) is 9.26. The van der Waals surface area contributed by atoms with Crippen molar-refractivity contribution >= 4 is 6.21 Å². The largest absolute Gasteiger partial charge is 0.303 e. The topological polar surface area (TPSA) is 15.6 Å². The zero-order valence-electron chi connectivity index (χ0n) is 12.9. The van der Waals surface area contributed by atoms with E-state index in [4.69, 9.17) is 0 Å². The Kier molecular flexibility index (Phi) is 9.72. The smallest absolute Gasteiger partial charge is 0.0341 e. The van der Waals surface area contributed by atoms with Crippen LogP contribution in [0.15, 0.2) is 17.8 Å². The highest BCUT2D eigenvalue weighted by atomic mass is 15.4. The summed E-state index contributed by atoms with van der Waals surface area (Å²) in [7, 11) is 3.90. The van der Waals surface area contributed by atoms with Gasteiger partial charge in [-0.1, -0.05) is 64.9 Å². The van der Waals surface area contributed by atoms with Gasteiger partial charge in [0.25, 0.3) is 0 Å². The van der Waals surface area contributed by atoms with E-state index in [0.717, 1.165) is 6.42 Å². The van der Waals surface area contributed by atoms with E-state index in [1.54, 1.807) is 0 Å². The molecule has 18 heavy (non-hydrogen) atoms. The van der Waals surface area contributed by atoms with Gasteiger partial charge in [-0.25, -0.2) is 0 Å². The van der Waals surface area contributed by atoms with Crippen LogP contribution >= 0.6 is 0 Å². The average molecular weight is 252 g/mol. The van der Waals surface area contributed by atoms with Crippen LogP contribution in [0.1, 0.15) is 65.2 Å². The maximum absolute atomic E-state index is 4.34. The van der Waals surface area contributed by atoms with Crippen molar-refractivity contribution in [1.82, 2.24) is 5.01 Å². The SMILES string of the molecule is C=CC(C)(/C=N/N(C)C)CCCCCCCCC. The number of nitrogens with zero attached hydrogens (tertiary/aromatic N) is 2. The summed E-state index contributed by atoms with van der Waals surface area (Å²) in [4.78, 5) is 0. The quantitative estimate of drug-likeness (QED) is 0.222. The average Bonchev–Trinajstić information content (AvgIpc) is 2.35. The van der Waals surface area contributed by atoms with Crippen molar-refractivity contribution in [2.24, 2.45) is 10.5 Å². The molecule has 0 aliphatic rings. The van der Waals surface area contributed by atoms with Crippen LogP contribution in [-0.2, 0) is 0 Å². The maximum Gasteiger partial charge on any atom is 0.0341 e. The second-order valence-corrected chi connectivity index (χ2v) is 5.67. The van der Waals surface area contributed by atoms with Gasteiger partial charge in [0.2, 0.25) is 0 Å². The molecule has 0 aromatic heterocycles. The number of hydrogen-bond donors (Lipinski definition) is 0. The zero-order chi connectivity index (χ0) is 13.9. The van der Waals surface area contributed by atoms with Crippen molar-refractivity contribution in [3.63, 3.8) is 0 Å². The molecule has 0 spiro atoms. The summed E-state index contributed by atoms with van der Waals surface area (Å²) in [6.07, 6.45) is 14.7. The molecule has 0 aromatic carbocycles. The fraction of sp³-hybridized carbons (Fsp3) is 0.812. The molecule has 2 heteroatoms. The van der Waals surface area contributed by atoms with Gasteiger partial charge in [0, 0.05) is 25.7 Å². The lowest BCUT2D eigenvalue weighted by Crippen LogP contribution is -2.17. The Morgan fingerprint density at radius 3 is 2.11 bits per heavy atom. The molecule has 0 aliphatic heterocycles. The van der Waals surface area contributed by atoms with Crippen LogP contribution in [0.2, 0.25) is 0 Å². The van der Waals surface area contributed by atoms with Gasteiger partial charge in [-0.05, 0) is 6.42 Å². The second kappa shape index (κ2) is 10.2. The second-order valence-electron chi connectivity index (χ2n) is 5.67. The first-order valence-electron chi connectivity index (χ1n) is 7.40. The molecule has 1 unspecified atom stereocenters. The number of hydrogen-bond acceptors (Lipinski definition) is 2. The molecule has 0 N–H and O–H groups in total. The highest BCUT2D eigenvalue weighted by Gasteiger charge is 2.16. The van der Waals surface area contributed by atoms with Gasteiger partial charge < -0.3 is 5.01 Å². The van der Waals surface area contributed by atoms with Gasteiger partial charge in [-0.3, -0.25) is 0 Å². The predicted octanol–water partition coefficient (Wildman–Crippen LogP) is 4.87. The monoisotopic (exact) mass is 252 g/mol. The fourth-order valence-electron chi connectivity index (χ4n) is 1.93. The van der Waals surface area contributed by atoms with Gasteiger partial charge >= 0.3 is 0 Å². The van der Waals surface area contributed by atoms with Crippen LogP contribution < -0.4 is 0 Å². The molecule has 0 rings (SSSR count). The number of hydrazone groups is 1. The Hall–Kier alpha value is -0.790. The number of allylic oxidation sites excluding steroid dienone is 1. The molecular weight excluding hydrogens is 220 g/mol. The summed E-state index contributed by atoms with van der Waals surface area (Å²) in [5, 5.41) is 6.18. The Bertz CT molecular complexity index is 233. The molecule has 0 fully saturated rings. The highest BCUT2D eigenvalue weighted by molar-refractivity contribution is 5.67. The Balaban J connectivity index is 3.76. The van der Waals surface area contributed by atoms with E-state index in [9.17, 15) is 0 Å². The van der Waals surface area contributed by atoms with E-state index in [2.05, 4.69) is 25.5 Å². The van der Waals surface area contributed by atoms with Crippen molar-refractivity contribution < 1.29 is 0 Å². The van der Waals surface area contributed by atoms with E-state index in [1.807, 2.05) is 31.4 Å². The lowest BCUT2D eigenvalue weighted by Gasteiger charge is -2.21. The molecule has 0 radical (unpaired) electrons. The first kappa shape index (κ1) is 17.2. The lowest BCUT2D eigenvalue weighted by molar-refractivity contribution is 0.423. The Morgan fingerprint density at radius 2 is 1.61 bits per heavy atom. The van der Waals surface area contributed by atoms with Crippen LogP contribution in [0.5, 0.6) is 0 Å². The van der Waals surface area contributed by atoms with E-state index in [0.29, 0.717) is 0 Å². The molecule has 0 saturated carbocycles. The van der Waals surface area contributed by atoms with Crippen LogP contribution in [0.4, 0.5) is 0 Å². The first-order valence-corrected chi connectivity index (χ1v) is 7.40. The molecule has 0 aromatic rings. The van der Waals surface area contributed by atoms with Crippen LogP contribution in [0, 0.1) is 5.41 Å². The third-order valence-corrected chi connectivity index (χ3v) is 3.37. The summed E-state index contributed by atoms with van der Waals surface area (Å²) < 4.78 is 0. The Morgan fingerprint density at radius 1 is 1.06 bits per heavy atom. The van der Waals surface area contributed by atoms with Crippen molar-refractivity contribution in [2.45, 2.75) is 65.2 Å². The first-order chi connectivity index (χ1) is 8.54. The fourth-order valence-corrected chi connectivity index (χ4v) is 1.93. The van der Waals surface area contributed by atoms with E-state index in [1.165, 1.54) is 44.9 Å². The molecule has 0 heterocycles. The van der Waals surface area contributed by atoms with Gasteiger partial charge in [0.1, 0.15) is 0 Å². The predicted molar refractivity (Wildman–Crippen MR) is 83.1 cm³/mol. The summed E-state index contributed by atoms with van der Waals surface area (Å²) in [5.41, 5.74) is 0.0493. The number of rotatable bonds is 11. The van der Waals surface area contributed by atoms with Gasteiger partial charge in [0.15, 0.2) is 0 Å². The summed E-state index contributed by atoms with van der Waals surface area (Å²) in [6, 6.07) is 0. The molecule has 0 amide bonds. The molecule has 106 valence electrons. The van der Waals surface area contributed by atoms with Crippen LogP contribution in [-0.4, -0.2) is 25.3 Å². The third-order valence-electron chi connectivity index (χ3n) is 3.37. The van der Waals surface area contributed by atoms with E-state index >= 15 is 0 Å². The van der Waals surface area contributed by atoms with Crippen molar-refractivity contribution in [3.8, 4) is 0 Å². The highest BCUT2D eigenvalue weighted by Crippen LogP contribution is 2.24. The normalized spacial score (nSPS) is 14.7. The van der Waals surface area contributed by atoms with Crippen LogP contribution in [0.25, 0.3) is 0 Å². The minimum atomic E-state index is 0.0493. The van der Waals surface area contributed by atoms with E-state index < -0.39 is 0 Å². The lowest BCUT2D eigenvalue weighted by atomic mass is 9.86. The zero-order valence-corrected chi connectivity index (χ0v) is 12.9. The molecule has 0 saturated heterocycles. The maximum atomic E-state index is 4.34. The molecule has 0 aliphatic carbocycles. The summed E-state index contributed by atoms with van der Waals surface area (Å²) in [6.45, 7) is 8.42. The molecule has 1 atom stereocenters. The van der Waals surface area contributed by atoms with Crippen molar-refractivity contribution in [3.05, 3.63) is 12.7 Å². The molecule has 0 bridgehead atoms. The van der Waals surface area contributed by atoms with Crippen LogP contribution in [0.3, 0.4) is 0 Å². The molecule has 2 nitrogen and oxygen atoms in total. The Labute approximate surface area is 114 Å². The van der Waals surface area contributed by atoms with Gasteiger partial charge in [0.05, 0.1) is 0 Å². The van der Waals surface area contributed by atoms with Crippen molar-refractivity contribution in [1.29, 1.82) is 0 Å². The van der Waals surface area contributed by atoms with Crippen molar-refractivity contribution in [2.75, 3.05) is 14.1 Å². The number of unbranched alkanes of at least 4 members (excludes halogenated alkanes) is 6. The minimum absolute atomic E-state index is 0.0493. The minimum Gasteiger partial charge on any atom is -0.303 e. The van der Waals surface area contributed by atoms with E-state index in [-0.39, 0.29) is 5.41 Å². The summed E-state index contributed by atoms with van der Waals surface area (Å²) in [5.74, 6) is 0.